The maximum atomic E-state index is 11.8. The van der Waals surface area contributed by atoms with Gasteiger partial charge in [0.25, 0.3) is 0 Å². The Kier molecular flexibility index (Phi) is 9.14. The predicted molar refractivity (Wildman–Crippen MR) is 94.0 cm³/mol. The minimum atomic E-state index is -0.00817. The summed E-state index contributed by atoms with van der Waals surface area (Å²) in [5, 5.41) is 5.69. The van der Waals surface area contributed by atoms with Crippen molar-refractivity contribution >= 4 is 35.0 Å². The van der Waals surface area contributed by atoms with Gasteiger partial charge in [-0.3, -0.25) is 9.59 Å². The number of amides is 2. The zero-order valence-corrected chi connectivity index (χ0v) is 13.9. The lowest BCUT2D eigenvalue weighted by Crippen LogP contribution is -2.25. The van der Waals surface area contributed by atoms with Crippen LogP contribution in [0.25, 0.3) is 0 Å². The fourth-order valence-electron chi connectivity index (χ4n) is 2.00. The van der Waals surface area contributed by atoms with Gasteiger partial charge in [0.05, 0.1) is 17.1 Å². The number of unbranched alkanes of at least 4 members (excludes halogenated alkanes) is 3. The zero-order chi connectivity index (χ0) is 16.2. The molecule has 0 saturated carbocycles. The van der Waals surface area contributed by atoms with Gasteiger partial charge in [-0.1, -0.05) is 25.0 Å². The molecule has 0 saturated heterocycles. The van der Waals surface area contributed by atoms with Gasteiger partial charge in [-0.15, -0.1) is 0 Å². The van der Waals surface area contributed by atoms with Gasteiger partial charge in [-0.25, -0.2) is 0 Å². The Balaban J connectivity index is 2.04. The molecular weight excluding hydrogens is 298 g/mol. The van der Waals surface area contributed by atoms with Crippen molar-refractivity contribution < 1.29 is 9.59 Å². The number of anilines is 2. The van der Waals surface area contributed by atoms with Crippen LogP contribution in [0, 0.1) is 0 Å². The molecule has 0 aromatic heterocycles. The van der Waals surface area contributed by atoms with Crippen molar-refractivity contribution in [1.82, 2.24) is 5.32 Å². The van der Waals surface area contributed by atoms with E-state index in [0.29, 0.717) is 30.1 Å². The van der Waals surface area contributed by atoms with Gasteiger partial charge in [-0.2, -0.15) is 11.8 Å². The number of rotatable bonds is 10. The monoisotopic (exact) mass is 323 g/mol. The van der Waals surface area contributed by atoms with E-state index in [2.05, 4.69) is 10.6 Å². The van der Waals surface area contributed by atoms with Crippen LogP contribution >= 0.6 is 11.8 Å². The van der Waals surface area contributed by atoms with E-state index in [1.165, 1.54) is 11.8 Å². The van der Waals surface area contributed by atoms with E-state index in [1.54, 1.807) is 12.1 Å². The van der Waals surface area contributed by atoms with Gasteiger partial charge in [0.1, 0.15) is 0 Å². The van der Waals surface area contributed by atoms with E-state index in [-0.39, 0.29) is 11.8 Å². The van der Waals surface area contributed by atoms with Crippen molar-refractivity contribution in [2.75, 3.05) is 29.6 Å². The number of nitrogens with one attached hydrogen (secondary N) is 2. The minimum Gasteiger partial charge on any atom is -0.397 e. The van der Waals surface area contributed by atoms with Gasteiger partial charge in [0.2, 0.25) is 11.8 Å². The summed E-state index contributed by atoms with van der Waals surface area (Å²) in [6.45, 7) is 0.714. The molecule has 0 radical (unpaired) electrons. The second-order valence-corrected chi connectivity index (χ2v) is 5.95. The molecule has 22 heavy (non-hydrogen) atoms. The molecule has 0 atom stereocenters. The molecule has 1 rings (SSSR count). The Morgan fingerprint density at radius 2 is 1.82 bits per heavy atom. The van der Waals surface area contributed by atoms with E-state index in [4.69, 9.17) is 5.73 Å². The van der Waals surface area contributed by atoms with E-state index in [0.717, 1.165) is 25.7 Å². The summed E-state index contributed by atoms with van der Waals surface area (Å²) in [5.41, 5.74) is 7.02. The molecule has 122 valence electrons. The third kappa shape index (κ3) is 7.93. The van der Waals surface area contributed by atoms with E-state index < -0.39 is 0 Å². The van der Waals surface area contributed by atoms with Crippen molar-refractivity contribution in [2.45, 2.75) is 32.1 Å². The highest BCUT2D eigenvalue weighted by molar-refractivity contribution is 7.99. The summed E-state index contributed by atoms with van der Waals surface area (Å²) < 4.78 is 0. The molecule has 0 aliphatic heterocycles. The lowest BCUT2D eigenvalue weighted by molar-refractivity contribution is -0.118. The van der Waals surface area contributed by atoms with Gasteiger partial charge in [0.15, 0.2) is 0 Å². The molecule has 0 aliphatic carbocycles. The van der Waals surface area contributed by atoms with Crippen LogP contribution in [0.1, 0.15) is 32.1 Å². The predicted octanol–water partition coefficient (Wildman–Crippen LogP) is 2.64. The van der Waals surface area contributed by atoms with Gasteiger partial charge in [0, 0.05) is 13.0 Å². The van der Waals surface area contributed by atoms with Gasteiger partial charge >= 0.3 is 0 Å². The molecule has 2 amide bonds. The SMILES string of the molecule is CSCC(=O)NCCCCCCC(=O)Nc1ccccc1N. The molecule has 0 heterocycles. The molecule has 0 bridgehead atoms. The molecule has 6 heteroatoms. The van der Waals surface area contributed by atoms with Crippen LogP contribution in [0.3, 0.4) is 0 Å². The van der Waals surface area contributed by atoms with E-state index >= 15 is 0 Å². The van der Waals surface area contributed by atoms with Crippen LogP contribution in [0.5, 0.6) is 0 Å². The standard InChI is InChI=1S/C16H25N3O2S/c1-22-12-16(21)18-11-7-3-2-4-10-15(20)19-14-9-6-5-8-13(14)17/h5-6,8-9H,2-4,7,10-12,17H2,1H3,(H,18,21)(H,19,20). The first-order valence-electron chi connectivity index (χ1n) is 7.53. The molecule has 1 aromatic carbocycles. The molecule has 5 nitrogen and oxygen atoms in total. The second-order valence-electron chi connectivity index (χ2n) is 5.08. The highest BCUT2D eigenvalue weighted by Gasteiger charge is 2.04. The Bertz CT molecular complexity index is 480. The first kappa shape index (κ1) is 18.4. The van der Waals surface area contributed by atoms with E-state index in [9.17, 15) is 9.59 Å². The van der Waals surface area contributed by atoms with Crippen LogP contribution in [0.4, 0.5) is 11.4 Å². The molecular formula is C16H25N3O2S. The number of thioether (sulfide) groups is 1. The van der Waals surface area contributed by atoms with Crippen molar-refractivity contribution in [2.24, 2.45) is 0 Å². The quantitative estimate of drug-likeness (QED) is 0.456. The van der Waals surface area contributed by atoms with Crippen molar-refractivity contribution in [3.05, 3.63) is 24.3 Å². The summed E-state index contributed by atoms with van der Waals surface area (Å²) in [4.78, 5) is 23.0. The molecule has 0 spiro atoms. The molecule has 0 unspecified atom stereocenters. The number of carbonyl (C=O) groups excluding carboxylic acids is 2. The molecule has 1 aromatic rings. The van der Waals surface area contributed by atoms with Crippen molar-refractivity contribution in [1.29, 1.82) is 0 Å². The van der Waals surface area contributed by atoms with Crippen LogP contribution in [0.2, 0.25) is 0 Å². The minimum absolute atomic E-state index is 0.00817. The van der Waals surface area contributed by atoms with Crippen molar-refractivity contribution in [3.63, 3.8) is 0 Å². The lowest BCUT2D eigenvalue weighted by atomic mass is 10.1. The number of nitrogen functional groups attached to an aromatic ring is 1. The van der Waals surface area contributed by atoms with Crippen LogP contribution in [0.15, 0.2) is 24.3 Å². The summed E-state index contributed by atoms with van der Waals surface area (Å²) in [6, 6.07) is 7.24. The van der Waals surface area contributed by atoms with E-state index in [1.807, 2.05) is 18.4 Å². The summed E-state index contributed by atoms with van der Waals surface area (Å²) in [7, 11) is 0. The molecule has 0 aliphatic rings. The number of hydrogen-bond donors (Lipinski definition) is 3. The summed E-state index contributed by atoms with van der Waals surface area (Å²) in [5.74, 6) is 0.599. The highest BCUT2D eigenvalue weighted by Crippen LogP contribution is 2.17. The summed E-state index contributed by atoms with van der Waals surface area (Å²) >= 11 is 1.52. The number of nitrogens with two attached hydrogens (primary N) is 1. The maximum Gasteiger partial charge on any atom is 0.229 e. The first-order chi connectivity index (χ1) is 10.6. The second kappa shape index (κ2) is 11.0. The topological polar surface area (TPSA) is 84.2 Å². The van der Waals surface area contributed by atoms with Gasteiger partial charge < -0.3 is 16.4 Å². The van der Waals surface area contributed by atoms with Gasteiger partial charge in [-0.05, 0) is 31.2 Å². The molecule has 0 fully saturated rings. The fourth-order valence-corrected chi connectivity index (χ4v) is 2.36. The largest absolute Gasteiger partial charge is 0.397 e. The van der Waals surface area contributed by atoms with Crippen molar-refractivity contribution in [3.8, 4) is 0 Å². The number of para-hydroxylation sites is 2. The fraction of sp³-hybridized carbons (Fsp3) is 0.500. The smallest absolute Gasteiger partial charge is 0.229 e. The third-order valence-corrected chi connectivity index (χ3v) is 3.71. The first-order valence-corrected chi connectivity index (χ1v) is 8.93. The average molecular weight is 323 g/mol. The number of hydrogen-bond acceptors (Lipinski definition) is 4. The number of carbonyl (C=O) groups is 2. The van der Waals surface area contributed by atoms with Crippen LogP contribution in [-0.2, 0) is 9.59 Å². The maximum absolute atomic E-state index is 11.8. The Labute approximate surface area is 136 Å². The lowest BCUT2D eigenvalue weighted by Gasteiger charge is -2.08. The Hall–Kier alpha value is -1.69. The Morgan fingerprint density at radius 3 is 2.55 bits per heavy atom. The average Bonchev–Trinajstić information content (AvgIpc) is 2.49. The third-order valence-electron chi connectivity index (χ3n) is 3.16. The van der Waals surface area contributed by atoms with Crippen LogP contribution in [-0.4, -0.2) is 30.4 Å². The molecule has 4 N–H and O–H groups in total. The summed E-state index contributed by atoms with van der Waals surface area (Å²) in [6.07, 6.45) is 6.20. The highest BCUT2D eigenvalue weighted by atomic mass is 32.2. The number of benzene rings is 1. The Morgan fingerprint density at radius 1 is 1.09 bits per heavy atom. The van der Waals surface area contributed by atoms with Crippen LogP contribution < -0.4 is 16.4 Å². The zero-order valence-electron chi connectivity index (χ0n) is 13.1. The normalized spacial score (nSPS) is 10.2.